The van der Waals surface area contributed by atoms with Gasteiger partial charge in [0, 0.05) is 19.1 Å². The van der Waals surface area contributed by atoms with E-state index >= 15 is 0 Å². The Morgan fingerprint density at radius 3 is 2.48 bits per heavy atom. The molecular formula is C15H18N2O6. The van der Waals surface area contributed by atoms with Crippen LogP contribution in [0.3, 0.4) is 0 Å². The lowest BCUT2D eigenvalue weighted by Crippen LogP contribution is -2.16. The molecule has 0 unspecified atom stereocenters. The number of ether oxygens (including phenoxy) is 2. The monoisotopic (exact) mass is 322 g/mol. The third kappa shape index (κ3) is 3.97. The van der Waals surface area contributed by atoms with Crippen molar-refractivity contribution in [3.8, 4) is 5.75 Å². The summed E-state index contributed by atoms with van der Waals surface area (Å²) in [6.07, 6.45) is 3.72. The van der Waals surface area contributed by atoms with E-state index in [0.717, 1.165) is 31.7 Å². The number of benzene rings is 1. The van der Waals surface area contributed by atoms with Crippen molar-refractivity contribution < 1.29 is 24.0 Å². The second-order valence-corrected chi connectivity index (χ2v) is 5.32. The number of nitro groups is 1. The van der Waals surface area contributed by atoms with Crippen molar-refractivity contribution in [2.45, 2.75) is 38.7 Å². The van der Waals surface area contributed by atoms with Crippen molar-refractivity contribution in [2.24, 2.45) is 0 Å². The van der Waals surface area contributed by atoms with E-state index in [9.17, 15) is 19.7 Å². The molecule has 1 fully saturated rings. The molecule has 0 atom stereocenters. The molecule has 0 aliphatic heterocycles. The minimum absolute atomic E-state index is 0.0110. The van der Waals surface area contributed by atoms with Crippen LogP contribution in [0.4, 0.5) is 11.4 Å². The van der Waals surface area contributed by atoms with Crippen molar-refractivity contribution in [1.82, 2.24) is 0 Å². The fourth-order valence-corrected chi connectivity index (χ4v) is 2.56. The predicted octanol–water partition coefficient (Wildman–Crippen LogP) is 2.66. The predicted molar refractivity (Wildman–Crippen MR) is 81.6 cm³/mol. The summed E-state index contributed by atoms with van der Waals surface area (Å²) in [5, 5.41) is 13.6. The quantitative estimate of drug-likeness (QED) is 0.507. The zero-order valence-electron chi connectivity index (χ0n) is 13.0. The van der Waals surface area contributed by atoms with E-state index in [4.69, 9.17) is 4.74 Å². The molecule has 0 radical (unpaired) electrons. The molecule has 0 saturated heterocycles. The Morgan fingerprint density at radius 2 is 1.96 bits per heavy atom. The smallest absolute Gasteiger partial charge is 0.341 e. The van der Waals surface area contributed by atoms with Crippen LogP contribution in [-0.2, 0) is 9.53 Å². The number of hydrogen-bond acceptors (Lipinski definition) is 6. The summed E-state index contributed by atoms with van der Waals surface area (Å²) in [4.78, 5) is 33.7. The third-order valence-corrected chi connectivity index (χ3v) is 3.61. The van der Waals surface area contributed by atoms with Gasteiger partial charge >= 0.3 is 5.97 Å². The number of carbonyl (C=O) groups is 2. The zero-order valence-corrected chi connectivity index (χ0v) is 13.0. The van der Waals surface area contributed by atoms with Crippen LogP contribution in [0.15, 0.2) is 12.1 Å². The van der Waals surface area contributed by atoms with Gasteiger partial charge in [0.2, 0.25) is 5.91 Å². The maximum absolute atomic E-state index is 11.9. The molecule has 23 heavy (non-hydrogen) atoms. The Morgan fingerprint density at radius 1 is 1.30 bits per heavy atom. The molecule has 8 heteroatoms. The van der Waals surface area contributed by atoms with Crippen LogP contribution >= 0.6 is 0 Å². The molecule has 1 aliphatic rings. The molecule has 0 aromatic heterocycles. The molecule has 124 valence electrons. The Kier molecular flexibility index (Phi) is 5.15. The number of methoxy groups -OCH3 is 1. The number of nitrogens with zero attached hydrogens (tertiary/aromatic N) is 1. The average molecular weight is 322 g/mol. The van der Waals surface area contributed by atoms with Gasteiger partial charge in [0.25, 0.3) is 5.69 Å². The maximum atomic E-state index is 11.9. The van der Waals surface area contributed by atoms with Crippen molar-refractivity contribution in [2.75, 3.05) is 12.4 Å². The van der Waals surface area contributed by atoms with E-state index in [1.807, 2.05) is 0 Å². The van der Waals surface area contributed by atoms with Crippen LogP contribution in [0.25, 0.3) is 0 Å². The second-order valence-electron chi connectivity index (χ2n) is 5.32. The Balaban J connectivity index is 2.48. The third-order valence-electron chi connectivity index (χ3n) is 3.61. The largest absolute Gasteiger partial charge is 0.489 e. The fraction of sp³-hybridized carbons (Fsp3) is 0.467. The highest BCUT2D eigenvalue weighted by Crippen LogP contribution is 2.35. The van der Waals surface area contributed by atoms with Gasteiger partial charge in [-0.2, -0.15) is 0 Å². The molecule has 0 heterocycles. The first-order valence-electron chi connectivity index (χ1n) is 7.27. The molecule has 1 amide bonds. The number of nitro benzene ring substituents is 1. The van der Waals surface area contributed by atoms with Gasteiger partial charge in [0.1, 0.15) is 17.0 Å². The molecule has 8 nitrogen and oxygen atoms in total. The van der Waals surface area contributed by atoms with Gasteiger partial charge < -0.3 is 14.8 Å². The van der Waals surface area contributed by atoms with E-state index < -0.39 is 16.8 Å². The lowest BCUT2D eigenvalue weighted by atomic mass is 10.1. The number of hydrogen-bond donors (Lipinski definition) is 1. The Hall–Kier alpha value is -2.64. The van der Waals surface area contributed by atoms with Crippen molar-refractivity contribution in [3.05, 3.63) is 27.8 Å². The zero-order chi connectivity index (χ0) is 17.0. The van der Waals surface area contributed by atoms with Crippen LogP contribution in [-0.4, -0.2) is 30.0 Å². The van der Waals surface area contributed by atoms with E-state index in [1.54, 1.807) is 0 Å². The minimum Gasteiger partial charge on any atom is -0.489 e. The number of rotatable bonds is 5. The summed E-state index contributed by atoms with van der Waals surface area (Å²) in [5.41, 5.74) is -0.428. The standard InChI is InChI=1S/C15H18N2O6/c1-9(18)16-12-8-14(23-10-5-3-4-6-10)11(15(19)22-2)7-13(12)17(20)21/h7-8,10H,3-6H2,1-2H3,(H,16,18). The first-order chi connectivity index (χ1) is 10.9. The Bertz CT molecular complexity index is 637. The van der Waals surface area contributed by atoms with Crippen molar-refractivity contribution in [1.29, 1.82) is 0 Å². The van der Waals surface area contributed by atoms with Gasteiger partial charge in [-0.3, -0.25) is 14.9 Å². The van der Waals surface area contributed by atoms with Gasteiger partial charge in [0.15, 0.2) is 0 Å². The van der Waals surface area contributed by atoms with Crippen LogP contribution in [0.1, 0.15) is 43.0 Å². The molecule has 1 aromatic carbocycles. The van der Waals surface area contributed by atoms with E-state index in [-0.39, 0.29) is 28.8 Å². The average Bonchev–Trinajstić information content (AvgIpc) is 2.98. The van der Waals surface area contributed by atoms with Gasteiger partial charge in [-0.15, -0.1) is 0 Å². The summed E-state index contributed by atoms with van der Waals surface area (Å²) >= 11 is 0. The first-order valence-corrected chi connectivity index (χ1v) is 7.27. The number of amides is 1. The number of anilines is 1. The first kappa shape index (κ1) is 16.7. The van der Waals surface area contributed by atoms with Gasteiger partial charge in [-0.1, -0.05) is 0 Å². The topological polar surface area (TPSA) is 108 Å². The minimum atomic E-state index is -0.726. The molecule has 1 aliphatic carbocycles. The van der Waals surface area contributed by atoms with Crippen molar-refractivity contribution >= 4 is 23.3 Å². The summed E-state index contributed by atoms with van der Waals surface area (Å²) < 4.78 is 10.5. The summed E-state index contributed by atoms with van der Waals surface area (Å²) in [7, 11) is 1.19. The van der Waals surface area contributed by atoms with Crippen LogP contribution in [0, 0.1) is 10.1 Å². The van der Waals surface area contributed by atoms with Gasteiger partial charge in [-0.05, 0) is 25.7 Å². The van der Waals surface area contributed by atoms with Crippen LogP contribution in [0.2, 0.25) is 0 Å². The van der Waals surface area contributed by atoms with Gasteiger partial charge in [0.05, 0.1) is 18.1 Å². The second kappa shape index (κ2) is 7.08. The summed E-state index contributed by atoms with van der Waals surface area (Å²) in [5.74, 6) is -1.00. The number of esters is 1. The van der Waals surface area contributed by atoms with Gasteiger partial charge in [-0.25, -0.2) is 4.79 Å². The molecule has 1 saturated carbocycles. The maximum Gasteiger partial charge on any atom is 0.341 e. The SMILES string of the molecule is COC(=O)c1cc([N+](=O)[O-])c(NC(C)=O)cc1OC1CCCC1. The highest BCUT2D eigenvalue weighted by Gasteiger charge is 2.26. The normalized spacial score (nSPS) is 14.3. The number of carbonyl (C=O) groups excluding carboxylic acids is 2. The molecule has 1 N–H and O–H groups in total. The van der Waals surface area contributed by atoms with E-state index in [2.05, 4.69) is 10.1 Å². The lowest BCUT2D eigenvalue weighted by Gasteiger charge is -2.17. The fourth-order valence-electron chi connectivity index (χ4n) is 2.56. The molecule has 0 spiro atoms. The molecule has 2 rings (SSSR count). The molecular weight excluding hydrogens is 304 g/mol. The highest BCUT2D eigenvalue weighted by atomic mass is 16.6. The highest BCUT2D eigenvalue weighted by molar-refractivity contribution is 5.97. The van der Waals surface area contributed by atoms with Crippen LogP contribution < -0.4 is 10.1 Å². The van der Waals surface area contributed by atoms with E-state index in [0.29, 0.717) is 0 Å². The lowest BCUT2D eigenvalue weighted by molar-refractivity contribution is -0.384. The Labute approximate surface area is 132 Å². The molecule has 0 bridgehead atoms. The van der Waals surface area contributed by atoms with Crippen LogP contribution in [0.5, 0.6) is 5.75 Å². The van der Waals surface area contributed by atoms with E-state index in [1.165, 1.54) is 20.1 Å². The summed E-state index contributed by atoms with van der Waals surface area (Å²) in [6.45, 7) is 1.25. The number of nitrogens with one attached hydrogen (secondary N) is 1. The van der Waals surface area contributed by atoms with Crippen molar-refractivity contribution in [3.63, 3.8) is 0 Å². The summed E-state index contributed by atoms with van der Waals surface area (Å²) in [6, 6.07) is 2.38. The molecule has 1 aromatic rings.